The maximum atomic E-state index is 12.9. The van der Waals surface area contributed by atoms with Crippen LogP contribution in [-0.2, 0) is 9.59 Å². The van der Waals surface area contributed by atoms with E-state index in [0.29, 0.717) is 12.1 Å². The number of ketones is 1. The van der Waals surface area contributed by atoms with Crippen molar-refractivity contribution in [2.24, 2.45) is 0 Å². The first-order chi connectivity index (χ1) is 13.8. The van der Waals surface area contributed by atoms with E-state index in [1.54, 1.807) is 4.90 Å². The molecule has 1 amide bonds. The van der Waals surface area contributed by atoms with Crippen molar-refractivity contribution in [2.45, 2.75) is 33.2 Å². The molecule has 2 aromatic carbocycles. The van der Waals surface area contributed by atoms with Gasteiger partial charge in [0, 0.05) is 31.9 Å². The molecule has 5 nitrogen and oxygen atoms in total. The molecular formula is C24H28N2O3. The highest BCUT2D eigenvalue weighted by atomic mass is 16.3. The van der Waals surface area contributed by atoms with Gasteiger partial charge in [-0.3, -0.25) is 9.59 Å². The van der Waals surface area contributed by atoms with E-state index >= 15 is 0 Å². The lowest BCUT2D eigenvalue weighted by molar-refractivity contribution is -0.139. The molecule has 1 aliphatic heterocycles. The predicted octanol–water partition coefficient (Wildman–Crippen LogP) is 4.20. The first kappa shape index (κ1) is 20.6. The monoisotopic (exact) mass is 392 g/mol. The number of carbonyl (C=O) groups excluding carboxylic acids is 2. The summed E-state index contributed by atoms with van der Waals surface area (Å²) in [6.07, 6.45) is 0.725. The van der Waals surface area contributed by atoms with E-state index in [4.69, 9.17) is 0 Å². The van der Waals surface area contributed by atoms with Gasteiger partial charge in [0.25, 0.3) is 11.7 Å². The first-order valence-electron chi connectivity index (χ1n) is 9.89. The molecule has 1 unspecified atom stereocenters. The number of aliphatic hydroxyl groups excluding tert-OH is 1. The molecule has 1 N–H and O–H groups in total. The van der Waals surface area contributed by atoms with E-state index in [2.05, 4.69) is 0 Å². The molecule has 0 saturated carbocycles. The van der Waals surface area contributed by atoms with Gasteiger partial charge >= 0.3 is 0 Å². The molecule has 0 spiro atoms. The fourth-order valence-electron chi connectivity index (χ4n) is 3.79. The summed E-state index contributed by atoms with van der Waals surface area (Å²) in [5, 5.41) is 11.1. The SMILES string of the molecule is CCCN1C(=O)C(=O)/C(=C(/O)c2cc(C)ccc2C)C1c1ccc(N(C)C)cc1. The molecule has 0 aliphatic carbocycles. The van der Waals surface area contributed by atoms with Gasteiger partial charge in [-0.1, -0.05) is 36.8 Å². The zero-order chi connectivity index (χ0) is 21.3. The number of Topliss-reactive ketones (excluding diaryl/α,β-unsaturated/α-hetero) is 1. The van der Waals surface area contributed by atoms with Crippen LogP contribution < -0.4 is 4.90 Å². The lowest BCUT2D eigenvalue weighted by atomic mass is 9.93. The van der Waals surface area contributed by atoms with Crippen LogP contribution in [0.2, 0.25) is 0 Å². The van der Waals surface area contributed by atoms with Gasteiger partial charge in [-0.15, -0.1) is 0 Å². The molecule has 0 aromatic heterocycles. The summed E-state index contributed by atoms with van der Waals surface area (Å²) in [6, 6.07) is 12.9. The van der Waals surface area contributed by atoms with E-state index < -0.39 is 17.7 Å². The van der Waals surface area contributed by atoms with Crippen molar-refractivity contribution in [3.63, 3.8) is 0 Å². The van der Waals surface area contributed by atoms with Gasteiger partial charge in [-0.2, -0.15) is 0 Å². The third-order valence-corrected chi connectivity index (χ3v) is 5.38. The fourth-order valence-corrected chi connectivity index (χ4v) is 3.79. The van der Waals surface area contributed by atoms with E-state index in [9.17, 15) is 14.7 Å². The summed E-state index contributed by atoms with van der Waals surface area (Å²) in [5.74, 6) is -1.29. The largest absolute Gasteiger partial charge is 0.507 e. The number of likely N-dealkylation sites (tertiary alicyclic amines) is 1. The molecule has 1 atom stereocenters. The summed E-state index contributed by atoms with van der Waals surface area (Å²) in [6.45, 7) is 6.24. The van der Waals surface area contributed by atoms with Crippen LogP contribution in [0.4, 0.5) is 5.69 Å². The minimum Gasteiger partial charge on any atom is -0.507 e. The predicted molar refractivity (Wildman–Crippen MR) is 116 cm³/mol. The number of nitrogens with zero attached hydrogens (tertiary/aromatic N) is 2. The van der Waals surface area contributed by atoms with Crippen LogP contribution in [0.3, 0.4) is 0 Å². The Balaban J connectivity index is 2.20. The highest BCUT2D eigenvalue weighted by molar-refractivity contribution is 6.46. The van der Waals surface area contributed by atoms with Crippen LogP contribution in [0.15, 0.2) is 48.0 Å². The lowest BCUT2D eigenvalue weighted by Crippen LogP contribution is -2.30. The lowest BCUT2D eigenvalue weighted by Gasteiger charge is -2.25. The van der Waals surface area contributed by atoms with Gasteiger partial charge in [-0.05, 0) is 49.6 Å². The van der Waals surface area contributed by atoms with Crippen molar-refractivity contribution in [1.82, 2.24) is 4.90 Å². The second-order valence-electron chi connectivity index (χ2n) is 7.80. The number of hydrogen-bond donors (Lipinski definition) is 1. The molecule has 5 heteroatoms. The molecule has 152 valence electrons. The third-order valence-electron chi connectivity index (χ3n) is 5.38. The minimum atomic E-state index is -0.626. The van der Waals surface area contributed by atoms with Crippen molar-refractivity contribution in [1.29, 1.82) is 0 Å². The average molecular weight is 392 g/mol. The van der Waals surface area contributed by atoms with Crippen molar-refractivity contribution in [2.75, 3.05) is 25.5 Å². The Bertz CT molecular complexity index is 974. The zero-order valence-corrected chi connectivity index (χ0v) is 17.7. The highest BCUT2D eigenvalue weighted by Crippen LogP contribution is 2.40. The van der Waals surface area contributed by atoms with Crippen LogP contribution in [0.1, 0.15) is 41.6 Å². The van der Waals surface area contributed by atoms with Gasteiger partial charge in [0.15, 0.2) is 0 Å². The van der Waals surface area contributed by atoms with Crippen LogP contribution in [-0.4, -0.2) is 42.3 Å². The summed E-state index contributed by atoms with van der Waals surface area (Å²) in [5.41, 5.74) is 4.43. The van der Waals surface area contributed by atoms with Crippen molar-refractivity contribution >= 4 is 23.1 Å². The average Bonchev–Trinajstić information content (AvgIpc) is 2.94. The Morgan fingerprint density at radius 2 is 1.72 bits per heavy atom. The third kappa shape index (κ3) is 3.77. The normalized spacial score (nSPS) is 18.4. The van der Waals surface area contributed by atoms with Gasteiger partial charge < -0.3 is 14.9 Å². The van der Waals surface area contributed by atoms with Crippen LogP contribution >= 0.6 is 0 Å². The van der Waals surface area contributed by atoms with E-state index in [1.807, 2.05) is 82.2 Å². The minimum absolute atomic E-state index is 0.107. The van der Waals surface area contributed by atoms with Crippen molar-refractivity contribution < 1.29 is 14.7 Å². The topological polar surface area (TPSA) is 60.9 Å². The molecule has 3 rings (SSSR count). The molecule has 1 aliphatic rings. The van der Waals surface area contributed by atoms with Gasteiger partial charge in [0.2, 0.25) is 0 Å². The molecule has 0 radical (unpaired) electrons. The Kier molecular flexibility index (Phi) is 5.78. The van der Waals surface area contributed by atoms with Crippen LogP contribution in [0, 0.1) is 13.8 Å². The number of rotatable bonds is 5. The standard InChI is InChI=1S/C24H28N2O3/c1-6-13-26-21(17-9-11-18(12-10-17)25(4)5)20(23(28)24(26)29)22(27)19-14-15(2)7-8-16(19)3/h7-12,14,21,27H,6,13H2,1-5H3/b22-20+. The highest BCUT2D eigenvalue weighted by Gasteiger charge is 2.45. The Morgan fingerprint density at radius 3 is 2.31 bits per heavy atom. The van der Waals surface area contributed by atoms with Crippen LogP contribution in [0.5, 0.6) is 0 Å². The number of anilines is 1. The molecule has 29 heavy (non-hydrogen) atoms. The van der Waals surface area contributed by atoms with Crippen molar-refractivity contribution in [3.05, 3.63) is 70.3 Å². The second kappa shape index (κ2) is 8.11. The summed E-state index contributed by atoms with van der Waals surface area (Å²) in [4.78, 5) is 29.3. The molecule has 1 fully saturated rings. The fraction of sp³-hybridized carbons (Fsp3) is 0.333. The van der Waals surface area contributed by atoms with Crippen molar-refractivity contribution in [3.8, 4) is 0 Å². The van der Waals surface area contributed by atoms with Gasteiger partial charge in [-0.25, -0.2) is 0 Å². The number of benzene rings is 2. The van der Waals surface area contributed by atoms with E-state index in [1.165, 1.54) is 0 Å². The summed E-state index contributed by atoms with van der Waals surface area (Å²) < 4.78 is 0. The number of carbonyl (C=O) groups is 2. The van der Waals surface area contributed by atoms with Gasteiger partial charge in [0.1, 0.15) is 5.76 Å². The summed E-state index contributed by atoms with van der Waals surface area (Å²) in [7, 11) is 3.91. The van der Waals surface area contributed by atoms with Gasteiger partial charge in [0.05, 0.1) is 11.6 Å². The molecular weight excluding hydrogens is 364 g/mol. The quantitative estimate of drug-likeness (QED) is 0.471. The van der Waals surface area contributed by atoms with Crippen LogP contribution in [0.25, 0.3) is 5.76 Å². The maximum Gasteiger partial charge on any atom is 0.295 e. The number of aliphatic hydroxyl groups is 1. The molecule has 1 heterocycles. The first-order valence-corrected chi connectivity index (χ1v) is 9.89. The molecule has 1 saturated heterocycles. The number of hydrogen-bond acceptors (Lipinski definition) is 4. The van der Waals surface area contributed by atoms with E-state index in [0.717, 1.165) is 28.8 Å². The smallest absolute Gasteiger partial charge is 0.295 e. The molecule has 2 aromatic rings. The Hall–Kier alpha value is -3.08. The second-order valence-corrected chi connectivity index (χ2v) is 7.80. The zero-order valence-electron chi connectivity index (χ0n) is 17.7. The number of aryl methyl sites for hydroxylation is 2. The van der Waals surface area contributed by atoms with E-state index in [-0.39, 0.29) is 11.3 Å². The maximum absolute atomic E-state index is 12.9. The molecule has 0 bridgehead atoms. The Morgan fingerprint density at radius 1 is 1.07 bits per heavy atom. The summed E-state index contributed by atoms with van der Waals surface area (Å²) >= 11 is 0. The number of amides is 1. The Labute approximate surface area is 172 Å².